The zero-order chi connectivity index (χ0) is 17.4. The molecule has 2 rings (SSSR count). The first-order valence-corrected chi connectivity index (χ1v) is 7.95. The van der Waals surface area contributed by atoms with Crippen molar-refractivity contribution in [3.63, 3.8) is 0 Å². The van der Waals surface area contributed by atoms with Gasteiger partial charge in [0, 0.05) is 11.3 Å². The zero-order valence-corrected chi connectivity index (χ0v) is 14.3. The van der Waals surface area contributed by atoms with E-state index >= 15 is 0 Å². The number of ether oxygens (including phenoxy) is 1. The minimum absolute atomic E-state index is 0.161. The largest absolute Gasteiger partial charge is 0.493 e. The number of carbonyl (C=O) groups excluding carboxylic acids is 1. The monoisotopic (exact) mass is 325 g/mol. The predicted molar refractivity (Wildman–Crippen MR) is 97.8 cm³/mol. The van der Waals surface area contributed by atoms with Gasteiger partial charge in [-0.3, -0.25) is 4.79 Å². The van der Waals surface area contributed by atoms with Gasteiger partial charge in [-0.1, -0.05) is 29.8 Å². The van der Waals surface area contributed by atoms with E-state index in [0.29, 0.717) is 6.61 Å². The quantitative estimate of drug-likeness (QED) is 0.607. The molecule has 5 heteroatoms. The standard InChI is InChI=1S/C19H23N3O2/c1-4-24-18-8-6-5-7-16(18)12-21-22-19(23)13-20-17-10-9-14(2)11-15(17)3/h5-12,20H,4,13H2,1-3H3,(H,22,23). The Kier molecular flexibility index (Phi) is 6.37. The van der Waals surface area contributed by atoms with E-state index in [0.717, 1.165) is 22.6 Å². The van der Waals surface area contributed by atoms with Crippen LogP contribution in [0.1, 0.15) is 23.6 Å². The fourth-order valence-electron chi connectivity index (χ4n) is 2.27. The summed E-state index contributed by atoms with van der Waals surface area (Å²) in [5.41, 5.74) is 6.58. The third-order valence-electron chi connectivity index (χ3n) is 3.43. The second kappa shape index (κ2) is 8.72. The molecule has 126 valence electrons. The van der Waals surface area contributed by atoms with Crippen LogP contribution in [0.15, 0.2) is 47.6 Å². The van der Waals surface area contributed by atoms with Crippen molar-refractivity contribution in [2.24, 2.45) is 5.10 Å². The number of benzene rings is 2. The Balaban J connectivity index is 1.87. The molecule has 2 aromatic rings. The van der Waals surface area contributed by atoms with Gasteiger partial charge < -0.3 is 10.1 Å². The lowest BCUT2D eigenvalue weighted by Crippen LogP contribution is -2.26. The average Bonchev–Trinajstić information content (AvgIpc) is 2.56. The van der Waals surface area contributed by atoms with Gasteiger partial charge in [-0.25, -0.2) is 5.43 Å². The Bertz CT molecular complexity index is 726. The van der Waals surface area contributed by atoms with Gasteiger partial charge in [0.25, 0.3) is 5.91 Å². The molecule has 0 aliphatic carbocycles. The van der Waals surface area contributed by atoms with E-state index < -0.39 is 0 Å². The van der Waals surface area contributed by atoms with Crippen molar-refractivity contribution in [3.05, 3.63) is 59.2 Å². The molecule has 0 aromatic heterocycles. The summed E-state index contributed by atoms with van der Waals surface area (Å²) in [6.07, 6.45) is 1.58. The molecule has 0 fully saturated rings. The normalized spacial score (nSPS) is 10.6. The van der Waals surface area contributed by atoms with Crippen molar-refractivity contribution in [2.75, 3.05) is 18.5 Å². The Morgan fingerprint density at radius 3 is 2.75 bits per heavy atom. The van der Waals surface area contributed by atoms with Crippen LogP contribution in [0.5, 0.6) is 5.75 Å². The molecule has 0 saturated carbocycles. The summed E-state index contributed by atoms with van der Waals surface area (Å²) in [5.74, 6) is 0.534. The smallest absolute Gasteiger partial charge is 0.259 e. The summed E-state index contributed by atoms with van der Waals surface area (Å²) >= 11 is 0. The highest BCUT2D eigenvalue weighted by Crippen LogP contribution is 2.16. The molecule has 2 aromatic carbocycles. The molecule has 0 unspecified atom stereocenters. The first-order chi connectivity index (χ1) is 11.6. The number of aryl methyl sites for hydroxylation is 2. The van der Waals surface area contributed by atoms with Crippen LogP contribution >= 0.6 is 0 Å². The number of nitrogens with one attached hydrogen (secondary N) is 2. The lowest BCUT2D eigenvalue weighted by atomic mass is 10.1. The van der Waals surface area contributed by atoms with Crippen LogP contribution in [-0.4, -0.2) is 25.3 Å². The van der Waals surface area contributed by atoms with E-state index in [1.165, 1.54) is 5.56 Å². The van der Waals surface area contributed by atoms with Crippen LogP contribution in [0.3, 0.4) is 0 Å². The number of amides is 1. The number of hydrazone groups is 1. The fourth-order valence-corrected chi connectivity index (χ4v) is 2.27. The minimum atomic E-state index is -0.208. The van der Waals surface area contributed by atoms with Crippen molar-refractivity contribution >= 4 is 17.8 Å². The van der Waals surface area contributed by atoms with E-state index in [9.17, 15) is 4.79 Å². The van der Waals surface area contributed by atoms with Gasteiger partial charge in [0.05, 0.1) is 19.4 Å². The van der Waals surface area contributed by atoms with Crippen LogP contribution in [0.4, 0.5) is 5.69 Å². The summed E-state index contributed by atoms with van der Waals surface area (Å²) in [7, 11) is 0. The van der Waals surface area contributed by atoms with E-state index in [4.69, 9.17) is 4.74 Å². The molecule has 0 atom stereocenters. The number of para-hydroxylation sites is 1. The first-order valence-electron chi connectivity index (χ1n) is 7.95. The highest BCUT2D eigenvalue weighted by molar-refractivity contribution is 5.86. The van der Waals surface area contributed by atoms with Crippen LogP contribution in [0.2, 0.25) is 0 Å². The van der Waals surface area contributed by atoms with Crippen LogP contribution in [0, 0.1) is 13.8 Å². The van der Waals surface area contributed by atoms with Gasteiger partial charge in [0.2, 0.25) is 0 Å². The van der Waals surface area contributed by atoms with Gasteiger partial charge in [-0.15, -0.1) is 0 Å². The summed E-state index contributed by atoms with van der Waals surface area (Å²) in [4.78, 5) is 11.9. The summed E-state index contributed by atoms with van der Waals surface area (Å²) in [6, 6.07) is 13.6. The van der Waals surface area contributed by atoms with Gasteiger partial charge in [0.1, 0.15) is 5.75 Å². The molecule has 0 spiro atoms. The molecular weight excluding hydrogens is 302 g/mol. The molecule has 0 aliphatic rings. The third kappa shape index (κ3) is 5.12. The second-order valence-corrected chi connectivity index (χ2v) is 5.44. The molecule has 2 N–H and O–H groups in total. The fraction of sp³-hybridized carbons (Fsp3) is 0.263. The molecule has 0 bridgehead atoms. The first kappa shape index (κ1) is 17.5. The van der Waals surface area contributed by atoms with E-state index in [-0.39, 0.29) is 12.5 Å². The highest BCUT2D eigenvalue weighted by atomic mass is 16.5. The topological polar surface area (TPSA) is 62.7 Å². The SMILES string of the molecule is CCOc1ccccc1C=NNC(=O)CNc1ccc(C)cc1C. The van der Waals surface area contributed by atoms with Crippen LogP contribution in [0.25, 0.3) is 0 Å². The molecule has 1 amide bonds. The third-order valence-corrected chi connectivity index (χ3v) is 3.43. The Morgan fingerprint density at radius 2 is 2.00 bits per heavy atom. The van der Waals surface area contributed by atoms with Crippen molar-refractivity contribution in [2.45, 2.75) is 20.8 Å². The highest BCUT2D eigenvalue weighted by Gasteiger charge is 2.03. The van der Waals surface area contributed by atoms with Gasteiger partial charge in [-0.05, 0) is 44.5 Å². The second-order valence-electron chi connectivity index (χ2n) is 5.44. The summed E-state index contributed by atoms with van der Waals surface area (Å²) < 4.78 is 5.51. The Morgan fingerprint density at radius 1 is 1.21 bits per heavy atom. The number of rotatable bonds is 7. The van der Waals surface area contributed by atoms with Crippen molar-refractivity contribution in [1.29, 1.82) is 0 Å². The Hall–Kier alpha value is -2.82. The lowest BCUT2D eigenvalue weighted by Gasteiger charge is -2.09. The molecular formula is C19H23N3O2. The summed E-state index contributed by atoms with van der Waals surface area (Å²) in [6.45, 7) is 6.72. The molecule has 24 heavy (non-hydrogen) atoms. The lowest BCUT2D eigenvalue weighted by molar-refractivity contribution is -0.119. The molecule has 0 aliphatic heterocycles. The average molecular weight is 325 g/mol. The maximum absolute atomic E-state index is 11.9. The number of carbonyl (C=O) groups is 1. The molecule has 0 heterocycles. The molecule has 5 nitrogen and oxygen atoms in total. The van der Waals surface area contributed by atoms with Crippen molar-refractivity contribution in [3.8, 4) is 5.75 Å². The van der Waals surface area contributed by atoms with Gasteiger partial charge in [0.15, 0.2) is 0 Å². The number of hydrogen-bond acceptors (Lipinski definition) is 4. The van der Waals surface area contributed by atoms with E-state index in [1.54, 1.807) is 6.21 Å². The van der Waals surface area contributed by atoms with Crippen LogP contribution in [-0.2, 0) is 4.79 Å². The Labute approximate surface area is 142 Å². The van der Waals surface area contributed by atoms with Crippen LogP contribution < -0.4 is 15.5 Å². The van der Waals surface area contributed by atoms with Gasteiger partial charge >= 0.3 is 0 Å². The number of nitrogens with zero attached hydrogens (tertiary/aromatic N) is 1. The maximum atomic E-state index is 11.9. The number of hydrogen-bond donors (Lipinski definition) is 2. The minimum Gasteiger partial charge on any atom is -0.493 e. The predicted octanol–water partition coefficient (Wildman–Crippen LogP) is 3.26. The maximum Gasteiger partial charge on any atom is 0.259 e. The summed E-state index contributed by atoms with van der Waals surface area (Å²) in [5, 5.41) is 7.10. The van der Waals surface area contributed by atoms with Gasteiger partial charge in [-0.2, -0.15) is 5.10 Å². The molecule has 0 saturated heterocycles. The molecule has 0 radical (unpaired) electrons. The number of anilines is 1. The van der Waals surface area contributed by atoms with Crippen molar-refractivity contribution in [1.82, 2.24) is 5.43 Å². The van der Waals surface area contributed by atoms with E-state index in [2.05, 4.69) is 21.9 Å². The zero-order valence-electron chi connectivity index (χ0n) is 14.3. The van der Waals surface area contributed by atoms with E-state index in [1.807, 2.05) is 57.2 Å². The van der Waals surface area contributed by atoms with Crippen molar-refractivity contribution < 1.29 is 9.53 Å².